The van der Waals surface area contributed by atoms with Gasteiger partial charge in [0.05, 0.1) is 6.54 Å². The second-order valence-corrected chi connectivity index (χ2v) is 3.95. The van der Waals surface area contributed by atoms with E-state index in [0.717, 1.165) is 10.8 Å². The number of benzene rings is 2. The van der Waals surface area contributed by atoms with Crippen LogP contribution in [0.5, 0.6) is 0 Å². The van der Waals surface area contributed by atoms with Crippen LogP contribution in [0.2, 0.25) is 0 Å². The Labute approximate surface area is 101 Å². The molecule has 2 aromatic carbocycles. The topological polar surface area (TPSA) is 29.1 Å². The van der Waals surface area contributed by atoms with Gasteiger partial charge >= 0.3 is 0 Å². The summed E-state index contributed by atoms with van der Waals surface area (Å²) in [6, 6.07) is 11.8. The standard InChI is InChI=1S/C15H13NO/c1-3-8-16-15(17)13-7-6-12-5-4-11(2)9-14(12)10-13/h1,4-7,9-10H,8H2,2H3,(H,16,17). The van der Waals surface area contributed by atoms with Crippen LogP contribution in [0.15, 0.2) is 36.4 Å². The van der Waals surface area contributed by atoms with Gasteiger partial charge in [0.1, 0.15) is 0 Å². The predicted molar refractivity (Wildman–Crippen MR) is 69.9 cm³/mol. The van der Waals surface area contributed by atoms with Crippen LogP contribution in [0, 0.1) is 19.3 Å². The van der Waals surface area contributed by atoms with E-state index in [9.17, 15) is 4.79 Å². The minimum Gasteiger partial charge on any atom is -0.341 e. The quantitative estimate of drug-likeness (QED) is 0.779. The molecule has 0 saturated heterocycles. The van der Waals surface area contributed by atoms with Gasteiger partial charge < -0.3 is 5.32 Å². The Morgan fingerprint density at radius 3 is 2.76 bits per heavy atom. The van der Waals surface area contributed by atoms with E-state index in [1.165, 1.54) is 5.56 Å². The molecule has 84 valence electrons. The van der Waals surface area contributed by atoms with E-state index in [2.05, 4.69) is 23.4 Å². The van der Waals surface area contributed by atoms with E-state index < -0.39 is 0 Å². The molecular weight excluding hydrogens is 210 g/mol. The fourth-order valence-electron chi connectivity index (χ4n) is 1.74. The van der Waals surface area contributed by atoms with Crippen molar-refractivity contribution in [3.63, 3.8) is 0 Å². The molecule has 0 aliphatic heterocycles. The maximum Gasteiger partial charge on any atom is 0.252 e. The van der Waals surface area contributed by atoms with Gasteiger partial charge in [-0.05, 0) is 29.8 Å². The highest BCUT2D eigenvalue weighted by molar-refractivity contribution is 5.98. The van der Waals surface area contributed by atoms with E-state index in [0.29, 0.717) is 5.56 Å². The highest BCUT2D eigenvalue weighted by atomic mass is 16.1. The maximum absolute atomic E-state index is 11.7. The summed E-state index contributed by atoms with van der Waals surface area (Å²) < 4.78 is 0. The lowest BCUT2D eigenvalue weighted by molar-refractivity contribution is 0.0959. The second kappa shape index (κ2) is 4.71. The number of nitrogens with one attached hydrogen (secondary N) is 1. The van der Waals surface area contributed by atoms with Crippen molar-refractivity contribution in [3.05, 3.63) is 47.5 Å². The fourth-order valence-corrected chi connectivity index (χ4v) is 1.74. The SMILES string of the molecule is C#CCNC(=O)c1ccc2ccc(C)cc2c1. The molecule has 0 radical (unpaired) electrons. The van der Waals surface area contributed by atoms with Gasteiger partial charge in [-0.25, -0.2) is 0 Å². The number of aryl methyl sites for hydroxylation is 1. The van der Waals surface area contributed by atoms with Crippen molar-refractivity contribution in [1.82, 2.24) is 5.32 Å². The van der Waals surface area contributed by atoms with Crippen molar-refractivity contribution in [2.24, 2.45) is 0 Å². The number of terminal acetylenes is 1. The van der Waals surface area contributed by atoms with Crippen LogP contribution in [0.4, 0.5) is 0 Å². The number of carbonyl (C=O) groups is 1. The van der Waals surface area contributed by atoms with E-state index in [1.807, 2.05) is 31.2 Å². The zero-order valence-electron chi connectivity index (χ0n) is 9.66. The average molecular weight is 223 g/mol. The smallest absolute Gasteiger partial charge is 0.252 e. The van der Waals surface area contributed by atoms with Gasteiger partial charge in [-0.15, -0.1) is 6.42 Å². The molecule has 0 aliphatic carbocycles. The summed E-state index contributed by atoms with van der Waals surface area (Å²) in [6.45, 7) is 2.29. The van der Waals surface area contributed by atoms with Crippen LogP contribution in [0.1, 0.15) is 15.9 Å². The van der Waals surface area contributed by atoms with Gasteiger partial charge in [0, 0.05) is 5.56 Å². The molecule has 1 amide bonds. The Kier molecular flexibility index (Phi) is 3.11. The highest BCUT2D eigenvalue weighted by Crippen LogP contribution is 2.17. The van der Waals surface area contributed by atoms with Crippen molar-refractivity contribution in [2.45, 2.75) is 6.92 Å². The first-order valence-corrected chi connectivity index (χ1v) is 5.43. The van der Waals surface area contributed by atoms with E-state index in [1.54, 1.807) is 0 Å². The van der Waals surface area contributed by atoms with Crippen LogP contribution in [-0.2, 0) is 0 Å². The van der Waals surface area contributed by atoms with E-state index in [4.69, 9.17) is 6.42 Å². The van der Waals surface area contributed by atoms with Gasteiger partial charge in [-0.3, -0.25) is 4.79 Å². The Balaban J connectivity index is 2.37. The van der Waals surface area contributed by atoms with E-state index >= 15 is 0 Å². The number of hydrogen-bond donors (Lipinski definition) is 1. The van der Waals surface area contributed by atoms with Crippen LogP contribution in [0.3, 0.4) is 0 Å². The van der Waals surface area contributed by atoms with Crippen LogP contribution in [-0.4, -0.2) is 12.5 Å². The first-order chi connectivity index (χ1) is 8.20. The molecule has 17 heavy (non-hydrogen) atoms. The molecule has 0 heterocycles. The number of hydrogen-bond acceptors (Lipinski definition) is 1. The molecule has 0 bridgehead atoms. The number of amides is 1. The molecule has 0 aliphatic rings. The Morgan fingerprint density at radius 2 is 2.00 bits per heavy atom. The van der Waals surface area contributed by atoms with Crippen molar-refractivity contribution >= 4 is 16.7 Å². The van der Waals surface area contributed by atoms with Gasteiger partial charge in [0.15, 0.2) is 0 Å². The molecule has 0 aromatic heterocycles. The molecule has 0 atom stereocenters. The number of fused-ring (bicyclic) bond motifs is 1. The number of rotatable bonds is 2. The largest absolute Gasteiger partial charge is 0.341 e. The summed E-state index contributed by atoms with van der Waals surface area (Å²) in [6.07, 6.45) is 5.10. The lowest BCUT2D eigenvalue weighted by Gasteiger charge is -2.04. The van der Waals surface area contributed by atoms with Crippen molar-refractivity contribution < 1.29 is 4.79 Å². The summed E-state index contributed by atoms with van der Waals surface area (Å²) in [5.74, 6) is 2.25. The molecule has 2 rings (SSSR count). The van der Waals surface area contributed by atoms with Crippen LogP contribution >= 0.6 is 0 Å². The molecule has 0 fully saturated rings. The normalized spacial score (nSPS) is 9.88. The third kappa shape index (κ3) is 2.46. The monoisotopic (exact) mass is 223 g/mol. The molecule has 0 saturated carbocycles. The lowest BCUT2D eigenvalue weighted by Crippen LogP contribution is -2.23. The minimum absolute atomic E-state index is 0.133. The van der Waals surface area contributed by atoms with Gasteiger partial charge in [0.2, 0.25) is 0 Å². The Bertz CT molecular complexity index is 608. The molecular formula is C15H13NO. The fraction of sp³-hybridized carbons (Fsp3) is 0.133. The first kappa shape index (κ1) is 11.2. The van der Waals surface area contributed by atoms with Crippen LogP contribution in [0.25, 0.3) is 10.8 Å². The molecule has 0 unspecified atom stereocenters. The maximum atomic E-state index is 11.7. The molecule has 2 nitrogen and oxygen atoms in total. The second-order valence-electron chi connectivity index (χ2n) is 3.95. The molecule has 2 heteroatoms. The van der Waals surface area contributed by atoms with Gasteiger partial charge in [0.25, 0.3) is 5.91 Å². The molecule has 2 aromatic rings. The zero-order valence-corrected chi connectivity index (χ0v) is 9.66. The molecule has 1 N–H and O–H groups in total. The third-order valence-electron chi connectivity index (χ3n) is 2.61. The predicted octanol–water partition coefficient (Wildman–Crippen LogP) is 2.51. The minimum atomic E-state index is -0.133. The van der Waals surface area contributed by atoms with Crippen molar-refractivity contribution in [3.8, 4) is 12.3 Å². The Hall–Kier alpha value is -2.27. The van der Waals surface area contributed by atoms with Crippen molar-refractivity contribution in [2.75, 3.05) is 6.54 Å². The Morgan fingerprint density at radius 1 is 1.24 bits per heavy atom. The van der Waals surface area contributed by atoms with E-state index in [-0.39, 0.29) is 12.5 Å². The van der Waals surface area contributed by atoms with Crippen LogP contribution < -0.4 is 5.32 Å². The first-order valence-electron chi connectivity index (χ1n) is 5.43. The lowest BCUT2D eigenvalue weighted by atomic mass is 10.0. The summed E-state index contributed by atoms with van der Waals surface area (Å²) in [4.78, 5) is 11.7. The summed E-state index contributed by atoms with van der Waals surface area (Å²) in [7, 11) is 0. The summed E-state index contributed by atoms with van der Waals surface area (Å²) in [5, 5.41) is 4.85. The van der Waals surface area contributed by atoms with Gasteiger partial charge in [-0.1, -0.05) is 35.7 Å². The highest BCUT2D eigenvalue weighted by Gasteiger charge is 2.04. The number of carbonyl (C=O) groups excluding carboxylic acids is 1. The summed E-state index contributed by atoms with van der Waals surface area (Å²) in [5.41, 5.74) is 1.82. The average Bonchev–Trinajstić information content (AvgIpc) is 2.35. The zero-order chi connectivity index (χ0) is 12.3. The van der Waals surface area contributed by atoms with Crippen molar-refractivity contribution in [1.29, 1.82) is 0 Å². The molecule has 0 spiro atoms. The third-order valence-corrected chi connectivity index (χ3v) is 2.61. The summed E-state index contributed by atoms with van der Waals surface area (Å²) >= 11 is 0. The van der Waals surface area contributed by atoms with Gasteiger partial charge in [-0.2, -0.15) is 0 Å².